The molecule has 2 aromatic rings. The van der Waals surface area contributed by atoms with Gasteiger partial charge in [-0.1, -0.05) is 12.1 Å². The lowest BCUT2D eigenvalue weighted by atomic mass is 10.1. The van der Waals surface area contributed by atoms with E-state index < -0.39 is 0 Å². The van der Waals surface area contributed by atoms with Crippen LogP contribution in [0.1, 0.15) is 23.6 Å². The maximum absolute atomic E-state index is 5.53. The van der Waals surface area contributed by atoms with Gasteiger partial charge in [-0.05, 0) is 61.7 Å². The molecule has 2 rings (SSSR count). The molecule has 0 bridgehead atoms. The molecule has 0 radical (unpaired) electrons. The summed E-state index contributed by atoms with van der Waals surface area (Å²) in [5.74, 6) is 1.56. The molecule has 2 aromatic carbocycles. The van der Waals surface area contributed by atoms with Gasteiger partial charge in [0.25, 0.3) is 0 Å². The topological polar surface area (TPSA) is 30.5 Å². The molecule has 0 atom stereocenters. The highest BCUT2D eigenvalue weighted by Crippen LogP contribution is 2.28. The molecular formula is C18H23NO2. The van der Waals surface area contributed by atoms with E-state index in [9.17, 15) is 0 Å². The van der Waals surface area contributed by atoms with E-state index in [0.717, 1.165) is 29.3 Å². The van der Waals surface area contributed by atoms with Gasteiger partial charge in [-0.2, -0.15) is 0 Å². The SMILES string of the molecule is CCOc1ccc(CNc2ccc(C)c(C)c2)cc1OC. The average molecular weight is 285 g/mol. The summed E-state index contributed by atoms with van der Waals surface area (Å²) in [6.45, 7) is 7.60. The highest BCUT2D eigenvalue weighted by atomic mass is 16.5. The van der Waals surface area contributed by atoms with E-state index in [-0.39, 0.29) is 0 Å². The first-order valence-corrected chi connectivity index (χ1v) is 7.25. The maximum Gasteiger partial charge on any atom is 0.161 e. The Hall–Kier alpha value is -2.16. The van der Waals surface area contributed by atoms with Crippen LogP contribution in [0.2, 0.25) is 0 Å². The number of rotatable bonds is 6. The lowest BCUT2D eigenvalue weighted by Crippen LogP contribution is -2.01. The fraction of sp³-hybridized carbons (Fsp3) is 0.333. The number of hydrogen-bond donors (Lipinski definition) is 1. The summed E-state index contributed by atoms with van der Waals surface area (Å²) in [7, 11) is 1.67. The Kier molecular flexibility index (Phi) is 5.09. The first-order valence-electron chi connectivity index (χ1n) is 7.25. The predicted octanol–water partition coefficient (Wildman–Crippen LogP) is 4.32. The Balaban J connectivity index is 2.07. The van der Waals surface area contributed by atoms with Gasteiger partial charge >= 0.3 is 0 Å². The van der Waals surface area contributed by atoms with Gasteiger partial charge in [-0.15, -0.1) is 0 Å². The second-order valence-corrected chi connectivity index (χ2v) is 5.07. The van der Waals surface area contributed by atoms with E-state index in [2.05, 4.69) is 43.4 Å². The Morgan fingerprint density at radius 3 is 2.43 bits per heavy atom. The lowest BCUT2D eigenvalue weighted by molar-refractivity contribution is 0.310. The molecule has 3 nitrogen and oxygen atoms in total. The molecule has 0 fully saturated rings. The van der Waals surface area contributed by atoms with Crippen LogP contribution in [0.15, 0.2) is 36.4 Å². The molecule has 0 unspecified atom stereocenters. The molecular weight excluding hydrogens is 262 g/mol. The van der Waals surface area contributed by atoms with E-state index in [4.69, 9.17) is 9.47 Å². The fourth-order valence-electron chi connectivity index (χ4n) is 2.15. The molecule has 0 amide bonds. The predicted molar refractivity (Wildman–Crippen MR) is 87.4 cm³/mol. The minimum Gasteiger partial charge on any atom is -0.493 e. The third-order valence-electron chi connectivity index (χ3n) is 3.53. The first kappa shape index (κ1) is 15.2. The van der Waals surface area contributed by atoms with Gasteiger partial charge in [0.05, 0.1) is 13.7 Å². The Morgan fingerprint density at radius 2 is 1.76 bits per heavy atom. The Morgan fingerprint density at radius 1 is 0.952 bits per heavy atom. The molecule has 0 spiro atoms. The van der Waals surface area contributed by atoms with Crippen molar-refractivity contribution < 1.29 is 9.47 Å². The van der Waals surface area contributed by atoms with Crippen LogP contribution in [0, 0.1) is 13.8 Å². The van der Waals surface area contributed by atoms with E-state index in [1.54, 1.807) is 7.11 Å². The molecule has 112 valence electrons. The lowest BCUT2D eigenvalue weighted by Gasteiger charge is -2.12. The van der Waals surface area contributed by atoms with Gasteiger partial charge in [0.1, 0.15) is 0 Å². The minimum absolute atomic E-state index is 0.636. The summed E-state index contributed by atoms with van der Waals surface area (Å²) in [5.41, 5.74) is 4.90. The van der Waals surface area contributed by atoms with Crippen LogP contribution in [0.25, 0.3) is 0 Å². The summed E-state index contributed by atoms with van der Waals surface area (Å²) < 4.78 is 10.9. The van der Waals surface area contributed by atoms with Crippen LogP contribution in [0.4, 0.5) is 5.69 Å². The van der Waals surface area contributed by atoms with Crippen molar-refractivity contribution >= 4 is 5.69 Å². The average Bonchev–Trinajstić information content (AvgIpc) is 2.49. The molecule has 1 N–H and O–H groups in total. The van der Waals surface area contributed by atoms with Crippen LogP contribution < -0.4 is 14.8 Å². The molecule has 0 aromatic heterocycles. The summed E-state index contributed by atoms with van der Waals surface area (Å²) in [6, 6.07) is 12.4. The number of ether oxygens (including phenoxy) is 2. The van der Waals surface area contributed by atoms with Crippen LogP contribution in [-0.2, 0) is 6.54 Å². The van der Waals surface area contributed by atoms with Crippen molar-refractivity contribution in [2.75, 3.05) is 19.0 Å². The van der Waals surface area contributed by atoms with Gasteiger partial charge in [0.2, 0.25) is 0 Å². The second kappa shape index (κ2) is 7.02. The van der Waals surface area contributed by atoms with Gasteiger partial charge < -0.3 is 14.8 Å². The molecule has 0 heterocycles. The van der Waals surface area contributed by atoms with Crippen molar-refractivity contribution in [3.63, 3.8) is 0 Å². The van der Waals surface area contributed by atoms with E-state index in [1.165, 1.54) is 11.1 Å². The standard InChI is InChI=1S/C18H23NO2/c1-5-21-17-9-7-15(11-18(17)20-4)12-19-16-8-6-13(2)14(3)10-16/h6-11,19H,5,12H2,1-4H3. The zero-order valence-corrected chi connectivity index (χ0v) is 13.2. The van der Waals surface area contributed by atoms with E-state index >= 15 is 0 Å². The number of benzene rings is 2. The second-order valence-electron chi connectivity index (χ2n) is 5.07. The van der Waals surface area contributed by atoms with Gasteiger partial charge in [0, 0.05) is 12.2 Å². The normalized spacial score (nSPS) is 10.3. The van der Waals surface area contributed by atoms with E-state index in [0.29, 0.717) is 6.61 Å². The Bertz CT molecular complexity index is 608. The number of aryl methyl sites for hydroxylation is 2. The number of hydrogen-bond acceptors (Lipinski definition) is 3. The monoisotopic (exact) mass is 285 g/mol. The van der Waals surface area contributed by atoms with Crippen LogP contribution in [0.3, 0.4) is 0 Å². The van der Waals surface area contributed by atoms with Crippen molar-refractivity contribution in [3.05, 3.63) is 53.1 Å². The van der Waals surface area contributed by atoms with Crippen LogP contribution >= 0.6 is 0 Å². The van der Waals surface area contributed by atoms with Crippen LogP contribution in [-0.4, -0.2) is 13.7 Å². The molecule has 0 aliphatic heterocycles. The van der Waals surface area contributed by atoms with Gasteiger partial charge in [0.15, 0.2) is 11.5 Å². The summed E-state index contributed by atoms with van der Waals surface area (Å²) >= 11 is 0. The van der Waals surface area contributed by atoms with Gasteiger partial charge in [-0.25, -0.2) is 0 Å². The molecule has 0 aliphatic carbocycles. The summed E-state index contributed by atoms with van der Waals surface area (Å²) in [5, 5.41) is 3.44. The van der Waals surface area contributed by atoms with Crippen molar-refractivity contribution in [2.45, 2.75) is 27.3 Å². The third-order valence-corrected chi connectivity index (χ3v) is 3.53. The zero-order valence-electron chi connectivity index (χ0n) is 13.2. The van der Waals surface area contributed by atoms with Crippen molar-refractivity contribution in [2.24, 2.45) is 0 Å². The zero-order chi connectivity index (χ0) is 15.2. The smallest absolute Gasteiger partial charge is 0.161 e. The Labute approximate surface area is 126 Å². The number of methoxy groups -OCH3 is 1. The molecule has 0 saturated heterocycles. The highest BCUT2D eigenvalue weighted by Gasteiger charge is 2.05. The first-order chi connectivity index (χ1) is 10.1. The largest absolute Gasteiger partial charge is 0.493 e. The summed E-state index contributed by atoms with van der Waals surface area (Å²) in [4.78, 5) is 0. The van der Waals surface area contributed by atoms with Gasteiger partial charge in [-0.3, -0.25) is 0 Å². The third kappa shape index (κ3) is 3.91. The van der Waals surface area contributed by atoms with Crippen molar-refractivity contribution in [1.82, 2.24) is 0 Å². The number of anilines is 1. The van der Waals surface area contributed by atoms with Crippen LogP contribution in [0.5, 0.6) is 11.5 Å². The van der Waals surface area contributed by atoms with Crippen molar-refractivity contribution in [3.8, 4) is 11.5 Å². The number of nitrogens with one attached hydrogen (secondary N) is 1. The molecule has 0 aliphatic rings. The van der Waals surface area contributed by atoms with Crippen molar-refractivity contribution in [1.29, 1.82) is 0 Å². The molecule has 0 saturated carbocycles. The summed E-state index contributed by atoms with van der Waals surface area (Å²) in [6.07, 6.45) is 0. The highest BCUT2D eigenvalue weighted by molar-refractivity contribution is 5.49. The van der Waals surface area contributed by atoms with E-state index in [1.807, 2.05) is 19.1 Å². The molecule has 3 heteroatoms. The maximum atomic E-state index is 5.53. The minimum atomic E-state index is 0.636. The fourth-order valence-corrected chi connectivity index (χ4v) is 2.15. The quantitative estimate of drug-likeness (QED) is 0.857. The molecule has 21 heavy (non-hydrogen) atoms.